The van der Waals surface area contributed by atoms with Gasteiger partial charge in [0.2, 0.25) is 0 Å². The molecule has 6 aromatic carbocycles. The summed E-state index contributed by atoms with van der Waals surface area (Å²) in [6.07, 6.45) is 3.61. The number of nitrogens with zero attached hydrogens (tertiary/aromatic N) is 2. The molecule has 0 saturated carbocycles. The molecule has 0 amide bonds. The Morgan fingerprint density at radius 3 is 1.98 bits per heavy atom. The Bertz CT molecular complexity index is 2620. The van der Waals surface area contributed by atoms with Crippen molar-refractivity contribution < 1.29 is 24.5 Å². The van der Waals surface area contributed by atoms with Crippen LogP contribution in [0.2, 0.25) is 0 Å². The number of pyridine rings is 2. The smallest absolute Gasteiger partial charge is 0.158 e. The Balaban J connectivity index is 0.000000253. The van der Waals surface area contributed by atoms with Crippen molar-refractivity contribution in [3.05, 3.63) is 182 Å². The summed E-state index contributed by atoms with van der Waals surface area (Å²) in [7, 11) is 0. The van der Waals surface area contributed by atoms with Gasteiger partial charge >= 0.3 is 0 Å². The minimum Gasteiger partial charge on any atom is -0.454 e. The van der Waals surface area contributed by atoms with Gasteiger partial charge in [-0.05, 0) is 88.2 Å². The summed E-state index contributed by atoms with van der Waals surface area (Å²) in [6.45, 7) is 2.22. The zero-order chi connectivity index (χ0) is 34.1. The molecular formula is C47H31IrN3O-2. The van der Waals surface area contributed by atoms with Crippen LogP contribution in [0.3, 0.4) is 0 Å². The van der Waals surface area contributed by atoms with Crippen LogP contribution in [0.4, 0.5) is 11.4 Å². The summed E-state index contributed by atoms with van der Waals surface area (Å²) in [5, 5.41) is 6.00. The molecule has 1 N–H and O–H groups in total. The molecule has 0 saturated heterocycles. The molecule has 1 radical (unpaired) electrons. The third kappa shape index (κ3) is 6.11. The second-order valence-corrected chi connectivity index (χ2v) is 12.5. The minimum absolute atomic E-state index is 0. The SMILES string of the molecule is Cc1c2cc(-c3ccccc3)cc1-c1ccc3c(oc4ccccc43)c1Nc1c[c-]c(-c3ccccn3)cc1-2.[Ir].[c-]1ccccc1-c1ccccn1. The number of fused-ring (bicyclic) bond motifs is 10. The maximum Gasteiger partial charge on any atom is 0.158 e. The Labute approximate surface area is 316 Å². The fourth-order valence-corrected chi connectivity index (χ4v) is 6.91. The number of aromatic nitrogens is 2. The van der Waals surface area contributed by atoms with Gasteiger partial charge in [-0.2, -0.15) is 0 Å². The monoisotopic (exact) mass is 846 g/mol. The molecular weight excluding hydrogens is 815 g/mol. The topological polar surface area (TPSA) is 51.0 Å². The molecule has 4 heterocycles. The van der Waals surface area contributed by atoms with Gasteiger partial charge in [-0.15, -0.1) is 59.7 Å². The second-order valence-electron chi connectivity index (χ2n) is 12.5. The average molecular weight is 846 g/mol. The van der Waals surface area contributed by atoms with E-state index in [2.05, 4.69) is 107 Å². The first-order valence-corrected chi connectivity index (χ1v) is 17.0. The van der Waals surface area contributed by atoms with E-state index in [0.717, 1.165) is 67.0 Å². The number of rotatable bonds is 3. The third-order valence-electron chi connectivity index (χ3n) is 9.44. The summed E-state index contributed by atoms with van der Waals surface area (Å²) >= 11 is 0. The van der Waals surface area contributed by atoms with Crippen molar-refractivity contribution in [1.82, 2.24) is 9.97 Å². The van der Waals surface area contributed by atoms with Gasteiger partial charge < -0.3 is 19.7 Å². The number of hydrogen-bond donors (Lipinski definition) is 1. The van der Waals surface area contributed by atoms with Gasteiger partial charge in [0, 0.05) is 48.8 Å². The van der Waals surface area contributed by atoms with Crippen molar-refractivity contribution in [2.45, 2.75) is 6.92 Å². The van der Waals surface area contributed by atoms with Crippen LogP contribution in [0.1, 0.15) is 5.56 Å². The van der Waals surface area contributed by atoms with Crippen LogP contribution in [0, 0.1) is 19.1 Å². The van der Waals surface area contributed by atoms with Crippen molar-refractivity contribution >= 4 is 33.3 Å². The van der Waals surface area contributed by atoms with Gasteiger partial charge in [-0.1, -0.05) is 84.4 Å². The summed E-state index contributed by atoms with van der Waals surface area (Å²) in [5.41, 5.74) is 15.8. The van der Waals surface area contributed by atoms with Gasteiger partial charge in [0.15, 0.2) is 5.58 Å². The van der Waals surface area contributed by atoms with Crippen LogP contribution < -0.4 is 5.32 Å². The number of hydrogen-bond acceptors (Lipinski definition) is 4. The summed E-state index contributed by atoms with van der Waals surface area (Å²) < 4.78 is 6.50. The predicted molar refractivity (Wildman–Crippen MR) is 209 cm³/mol. The van der Waals surface area contributed by atoms with E-state index in [9.17, 15) is 0 Å². The summed E-state index contributed by atoms with van der Waals surface area (Å²) in [4.78, 5) is 8.81. The van der Waals surface area contributed by atoms with E-state index in [4.69, 9.17) is 4.42 Å². The largest absolute Gasteiger partial charge is 0.454 e. The standard InChI is InChI=1S/C36H23N2O.C11H8N.Ir/c1-22-29-20-25(23-9-3-2-4-10-23)21-30(22)31-19-24(32-12-7-8-18-37-32)14-17-33(31)38-35-27(29)15-16-28-26-11-5-6-13-34(26)39-36(28)35;1-2-6-10(7-3-1)11-8-4-5-9-12-11;/h2-13,15-21,38H,1H3;1-6,8-9H;/q2*-1;. The summed E-state index contributed by atoms with van der Waals surface area (Å²) in [5.74, 6) is 0. The third-order valence-corrected chi connectivity index (χ3v) is 9.44. The first-order chi connectivity index (χ1) is 25.2. The average Bonchev–Trinajstić information content (AvgIpc) is 3.59. The van der Waals surface area contributed by atoms with Gasteiger partial charge in [0.25, 0.3) is 0 Å². The van der Waals surface area contributed by atoms with E-state index in [1.165, 1.54) is 27.8 Å². The van der Waals surface area contributed by atoms with E-state index in [-0.39, 0.29) is 20.1 Å². The van der Waals surface area contributed by atoms with E-state index in [0.29, 0.717) is 0 Å². The van der Waals surface area contributed by atoms with E-state index < -0.39 is 0 Å². The van der Waals surface area contributed by atoms with Crippen molar-refractivity contribution in [1.29, 1.82) is 0 Å². The fourth-order valence-electron chi connectivity index (χ4n) is 6.91. The van der Waals surface area contributed by atoms with E-state index >= 15 is 0 Å². The van der Waals surface area contributed by atoms with Gasteiger partial charge in [0.1, 0.15) is 5.58 Å². The Kier molecular flexibility index (Phi) is 9.05. The number of para-hydroxylation sites is 1. The zero-order valence-corrected chi connectivity index (χ0v) is 30.6. The molecule has 0 atom stereocenters. The molecule has 5 heteroatoms. The first kappa shape index (κ1) is 33.0. The number of benzene rings is 6. The molecule has 0 unspecified atom stereocenters. The molecule has 9 aromatic rings. The van der Waals surface area contributed by atoms with Crippen LogP contribution in [0.25, 0.3) is 77.8 Å². The quantitative estimate of drug-likeness (QED) is 0.180. The molecule has 2 bridgehead atoms. The molecule has 251 valence electrons. The molecule has 52 heavy (non-hydrogen) atoms. The Hall–Kier alpha value is -6.13. The molecule has 0 aliphatic carbocycles. The maximum atomic E-state index is 6.50. The second kappa shape index (κ2) is 14.2. The van der Waals surface area contributed by atoms with Crippen molar-refractivity contribution in [3.63, 3.8) is 0 Å². The van der Waals surface area contributed by atoms with Gasteiger partial charge in [-0.3, -0.25) is 0 Å². The number of nitrogens with one attached hydrogen (secondary N) is 1. The van der Waals surface area contributed by atoms with Gasteiger partial charge in [-0.25, -0.2) is 0 Å². The molecule has 3 aromatic heterocycles. The maximum absolute atomic E-state index is 6.50. The van der Waals surface area contributed by atoms with E-state index in [1.54, 1.807) is 6.20 Å². The zero-order valence-electron chi connectivity index (χ0n) is 28.2. The van der Waals surface area contributed by atoms with Crippen LogP contribution in [0.5, 0.6) is 0 Å². The first-order valence-electron chi connectivity index (χ1n) is 17.0. The van der Waals surface area contributed by atoms with Gasteiger partial charge in [0.05, 0.1) is 5.69 Å². The van der Waals surface area contributed by atoms with Crippen LogP contribution in [-0.4, -0.2) is 9.97 Å². The van der Waals surface area contributed by atoms with Crippen LogP contribution in [0.15, 0.2) is 168 Å². The molecule has 4 nitrogen and oxygen atoms in total. The fraction of sp³-hybridized carbons (Fsp3) is 0.0213. The van der Waals surface area contributed by atoms with Crippen molar-refractivity contribution in [3.8, 4) is 55.9 Å². The Morgan fingerprint density at radius 2 is 1.25 bits per heavy atom. The molecule has 10 rings (SSSR count). The molecule has 0 fully saturated rings. The van der Waals surface area contributed by atoms with Crippen molar-refractivity contribution in [2.24, 2.45) is 0 Å². The van der Waals surface area contributed by atoms with Crippen molar-refractivity contribution in [2.75, 3.05) is 5.32 Å². The summed E-state index contributed by atoms with van der Waals surface area (Å²) in [6, 6.07) is 58.4. The normalized spacial score (nSPS) is 11.2. The van der Waals surface area contributed by atoms with E-state index in [1.807, 2.05) is 85.1 Å². The van der Waals surface area contributed by atoms with Crippen LogP contribution >= 0.6 is 0 Å². The molecule has 1 aliphatic heterocycles. The molecule has 1 aliphatic rings. The Morgan fingerprint density at radius 1 is 0.558 bits per heavy atom. The predicted octanol–water partition coefficient (Wildman–Crippen LogP) is 12.4. The number of anilines is 2. The minimum atomic E-state index is 0. The molecule has 0 spiro atoms. The number of furan rings is 1. The van der Waals surface area contributed by atoms with Crippen LogP contribution in [-0.2, 0) is 20.1 Å².